The van der Waals surface area contributed by atoms with E-state index in [-0.39, 0.29) is 12.2 Å². The maximum atomic E-state index is 13.3. The molecule has 6 nitrogen and oxygen atoms in total. The van der Waals surface area contributed by atoms with E-state index in [1.807, 2.05) is 0 Å². The number of ether oxygens (including phenoxy) is 1. The molecule has 2 bridgehead atoms. The summed E-state index contributed by atoms with van der Waals surface area (Å²) in [6, 6.07) is 1.03. The molecule has 112 valence electrons. The molecule has 2 unspecified atom stereocenters. The first-order valence-corrected chi connectivity index (χ1v) is 6.54. The number of carbonyl (C=O) groups is 1. The Kier molecular flexibility index (Phi) is 3.32. The van der Waals surface area contributed by atoms with Crippen LogP contribution in [-0.2, 0) is 4.74 Å². The molecule has 1 amide bonds. The molecule has 0 aromatic heterocycles. The van der Waals surface area contributed by atoms with Crippen LogP contribution in [0.2, 0.25) is 0 Å². The minimum atomic E-state index is -1.35. The first-order chi connectivity index (χ1) is 9.95. The van der Waals surface area contributed by atoms with Crippen LogP contribution < -0.4 is 0 Å². The monoisotopic (exact) mass is 298 g/mol. The Balaban J connectivity index is 1.94. The Labute approximate surface area is 118 Å². The maximum absolute atomic E-state index is 13.3. The van der Waals surface area contributed by atoms with Crippen molar-refractivity contribution < 1.29 is 23.2 Å². The maximum Gasteiger partial charge on any atom is 0.285 e. The minimum absolute atomic E-state index is 0.0861. The number of amides is 1. The second-order valence-corrected chi connectivity index (χ2v) is 5.21. The van der Waals surface area contributed by atoms with Crippen molar-refractivity contribution in [3.63, 3.8) is 0 Å². The van der Waals surface area contributed by atoms with Crippen LogP contribution in [0.5, 0.6) is 0 Å². The molecule has 0 spiro atoms. The van der Waals surface area contributed by atoms with Gasteiger partial charge in [-0.25, -0.2) is 8.78 Å². The fourth-order valence-electron chi connectivity index (χ4n) is 2.81. The summed E-state index contributed by atoms with van der Waals surface area (Å²) in [5.41, 5.74) is -1.15. The molecule has 2 atom stereocenters. The molecule has 1 aromatic rings. The molecule has 0 aliphatic carbocycles. The van der Waals surface area contributed by atoms with E-state index in [9.17, 15) is 23.7 Å². The molecule has 8 heteroatoms. The third-order valence-corrected chi connectivity index (χ3v) is 3.80. The predicted molar refractivity (Wildman–Crippen MR) is 66.8 cm³/mol. The Hall–Kier alpha value is -2.09. The van der Waals surface area contributed by atoms with E-state index < -0.39 is 33.7 Å². The second-order valence-electron chi connectivity index (χ2n) is 5.21. The predicted octanol–water partition coefficient (Wildman–Crippen LogP) is 1.88. The van der Waals surface area contributed by atoms with Gasteiger partial charge in [0.05, 0.1) is 23.2 Å². The molecule has 0 saturated carbocycles. The first kappa shape index (κ1) is 13.9. The fourth-order valence-corrected chi connectivity index (χ4v) is 2.81. The van der Waals surface area contributed by atoms with Gasteiger partial charge in [-0.15, -0.1) is 0 Å². The molecule has 2 saturated heterocycles. The van der Waals surface area contributed by atoms with Crippen molar-refractivity contribution in [2.75, 3.05) is 13.1 Å². The Morgan fingerprint density at radius 2 is 1.81 bits per heavy atom. The van der Waals surface area contributed by atoms with Gasteiger partial charge in [0, 0.05) is 13.1 Å². The fraction of sp³-hybridized carbons (Fsp3) is 0.462. The van der Waals surface area contributed by atoms with Crippen LogP contribution in [0.3, 0.4) is 0 Å². The molecule has 21 heavy (non-hydrogen) atoms. The lowest BCUT2D eigenvalue weighted by Gasteiger charge is -2.32. The van der Waals surface area contributed by atoms with Crippen LogP contribution in [-0.4, -0.2) is 41.0 Å². The number of nitro benzene ring substituents is 1. The third-order valence-electron chi connectivity index (χ3n) is 3.80. The number of halogens is 2. The standard InChI is InChI=1S/C13H12F2N2O4/c14-10-3-9(12(17(19)20)4-11(10)15)13(18)16-5-7-1-2-8(6-16)21-7/h3-4,7-8H,1-2,5-6H2. The number of hydrogen-bond donors (Lipinski definition) is 0. The van der Waals surface area contributed by atoms with Gasteiger partial charge in [0.1, 0.15) is 5.56 Å². The number of rotatable bonds is 2. The van der Waals surface area contributed by atoms with Crippen LogP contribution in [0.4, 0.5) is 14.5 Å². The van der Waals surface area contributed by atoms with E-state index in [1.165, 1.54) is 4.90 Å². The summed E-state index contributed by atoms with van der Waals surface area (Å²) in [5, 5.41) is 10.9. The zero-order valence-electron chi connectivity index (χ0n) is 10.9. The number of morpholine rings is 1. The number of benzene rings is 1. The normalized spacial score (nSPS) is 24.2. The number of fused-ring (bicyclic) bond motifs is 2. The van der Waals surface area contributed by atoms with Gasteiger partial charge >= 0.3 is 0 Å². The van der Waals surface area contributed by atoms with Crippen molar-refractivity contribution in [2.45, 2.75) is 25.0 Å². The average Bonchev–Trinajstić information content (AvgIpc) is 2.79. The average molecular weight is 298 g/mol. The van der Waals surface area contributed by atoms with E-state index >= 15 is 0 Å². The lowest BCUT2D eigenvalue weighted by molar-refractivity contribution is -0.385. The molecular weight excluding hydrogens is 286 g/mol. The SMILES string of the molecule is O=C(c1cc(F)c(F)cc1[N+](=O)[O-])N1CC2CCC(C1)O2. The van der Waals surface area contributed by atoms with Gasteiger partial charge in [-0.1, -0.05) is 0 Å². The van der Waals surface area contributed by atoms with Crippen molar-refractivity contribution in [2.24, 2.45) is 0 Å². The first-order valence-electron chi connectivity index (χ1n) is 6.54. The number of nitrogens with zero attached hydrogens (tertiary/aromatic N) is 2. The van der Waals surface area contributed by atoms with E-state index in [0.717, 1.165) is 12.8 Å². The quantitative estimate of drug-likeness (QED) is 0.617. The number of nitro groups is 1. The highest BCUT2D eigenvalue weighted by atomic mass is 19.2. The lowest BCUT2D eigenvalue weighted by atomic mass is 10.1. The van der Waals surface area contributed by atoms with Crippen molar-refractivity contribution >= 4 is 11.6 Å². The van der Waals surface area contributed by atoms with E-state index in [0.29, 0.717) is 25.2 Å². The van der Waals surface area contributed by atoms with Gasteiger partial charge in [0.15, 0.2) is 11.6 Å². The van der Waals surface area contributed by atoms with Gasteiger partial charge in [0.25, 0.3) is 11.6 Å². The summed E-state index contributed by atoms with van der Waals surface area (Å²) in [7, 11) is 0. The van der Waals surface area contributed by atoms with Crippen molar-refractivity contribution in [1.82, 2.24) is 4.90 Å². The Morgan fingerprint density at radius 1 is 1.24 bits per heavy atom. The van der Waals surface area contributed by atoms with E-state index in [2.05, 4.69) is 0 Å². The van der Waals surface area contributed by atoms with Crippen molar-refractivity contribution in [1.29, 1.82) is 0 Å². The molecular formula is C13H12F2N2O4. The van der Waals surface area contributed by atoms with E-state index in [4.69, 9.17) is 4.74 Å². The van der Waals surface area contributed by atoms with Gasteiger partial charge in [-0.3, -0.25) is 14.9 Å². The van der Waals surface area contributed by atoms with Gasteiger partial charge in [0.2, 0.25) is 0 Å². The summed E-state index contributed by atoms with van der Waals surface area (Å²) < 4.78 is 32.0. The summed E-state index contributed by atoms with van der Waals surface area (Å²) in [4.78, 5) is 23.8. The second kappa shape index (κ2) is 5.03. The Morgan fingerprint density at radius 3 is 2.38 bits per heavy atom. The summed E-state index contributed by atoms with van der Waals surface area (Å²) in [6.07, 6.45) is 1.48. The van der Waals surface area contributed by atoms with Gasteiger partial charge in [-0.05, 0) is 18.9 Å². The van der Waals surface area contributed by atoms with Gasteiger partial charge < -0.3 is 9.64 Å². The highest BCUT2D eigenvalue weighted by Gasteiger charge is 2.37. The van der Waals surface area contributed by atoms with Crippen LogP contribution in [0.1, 0.15) is 23.2 Å². The van der Waals surface area contributed by atoms with Crippen molar-refractivity contribution in [3.05, 3.63) is 39.4 Å². The number of hydrogen-bond acceptors (Lipinski definition) is 4. The van der Waals surface area contributed by atoms with Crippen LogP contribution in [0.15, 0.2) is 12.1 Å². The molecule has 3 rings (SSSR count). The number of likely N-dealkylation sites (tertiary alicyclic amines) is 1. The molecule has 2 aliphatic rings. The summed E-state index contributed by atoms with van der Waals surface area (Å²) in [5.74, 6) is -3.29. The third kappa shape index (κ3) is 2.46. The topological polar surface area (TPSA) is 72.7 Å². The Bertz CT molecular complexity index is 610. The van der Waals surface area contributed by atoms with Crippen LogP contribution in [0.25, 0.3) is 0 Å². The highest BCUT2D eigenvalue weighted by molar-refractivity contribution is 5.98. The highest BCUT2D eigenvalue weighted by Crippen LogP contribution is 2.29. The summed E-state index contributed by atoms with van der Waals surface area (Å²) >= 11 is 0. The largest absolute Gasteiger partial charge is 0.371 e. The smallest absolute Gasteiger partial charge is 0.285 e. The van der Waals surface area contributed by atoms with Crippen LogP contribution >= 0.6 is 0 Å². The minimum Gasteiger partial charge on any atom is -0.371 e. The summed E-state index contributed by atoms with van der Waals surface area (Å²) in [6.45, 7) is 0.622. The van der Waals surface area contributed by atoms with Crippen molar-refractivity contribution in [3.8, 4) is 0 Å². The zero-order chi connectivity index (χ0) is 15.1. The molecule has 2 aliphatic heterocycles. The molecule has 2 fully saturated rings. The number of carbonyl (C=O) groups excluding carboxylic acids is 1. The molecule has 0 radical (unpaired) electrons. The molecule has 1 aromatic carbocycles. The molecule has 0 N–H and O–H groups in total. The lowest BCUT2D eigenvalue weighted by Crippen LogP contribution is -2.46. The van der Waals surface area contributed by atoms with Gasteiger partial charge in [-0.2, -0.15) is 0 Å². The van der Waals surface area contributed by atoms with Crippen LogP contribution in [0, 0.1) is 21.7 Å². The zero-order valence-corrected chi connectivity index (χ0v) is 10.9. The van der Waals surface area contributed by atoms with E-state index in [1.54, 1.807) is 0 Å². The molecule has 2 heterocycles.